The molecule has 2 aromatic carbocycles. The third-order valence-corrected chi connectivity index (χ3v) is 6.60. The first-order valence-corrected chi connectivity index (χ1v) is 10.7. The maximum atomic E-state index is 12.9. The Balaban J connectivity index is 1.58. The van der Waals surface area contributed by atoms with Gasteiger partial charge < -0.3 is 10.0 Å². The molecule has 152 valence electrons. The molecule has 0 saturated carbocycles. The van der Waals surface area contributed by atoms with Crippen LogP contribution in [0.2, 0.25) is 0 Å². The van der Waals surface area contributed by atoms with E-state index in [0.717, 1.165) is 5.06 Å². The summed E-state index contributed by atoms with van der Waals surface area (Å²) in [6, 6.07) is 14.7. The number of hydroxylamine groups is 2. The van der Waals surface area contributed by atoms with Crippen LogP contribution in [0.25, 0.3) is 0 Å². The fourth-order valence-electron chi connectivity index (χ4n) is 4.03. The minimum Gasteiger partial charge on any atom is -0.481 e. The number of rotatable bonds is 6. The number of nitrogens with zero attached hydrogens (tertiary/aromatic N) is 2. The summed E-state index contributed by atoms with van der Waals surface area (Å²) in [4.78, 5) is 26.3. The monoisotopic (exact) mass is 416 g/mol. The highest BCUT2D eigenvalue weighted by Gasteiger charge is 2.50. The largest absolute Gasteiger partial charge is 0.481 e. The van der Waals surface area contributed by atoms with Crippen LogP contribution in [0.4, 0.5) is 4.79 Å². The molecule has 3 atom stereocenters. The van der Waals surface area contributed by atoms with Crippen molar-refractivity contribution in [3.8, 4) is 0 Å². The average molecular weight is 416 g/mol. The van der Waals surface area contributed by atoms with E-state index in [1.807, 2.05) is 0 Å². The van der Waals surface area contributed by atoms with Crippen LogP contribution >= 0.6 is 0 Å². The third kappa shape index (κ3) is 3.58. The van der Waals surface area contributed by atoms with Gasteiger partial charge in [0.25, 0.3) is 0 Å². The molecule has 2 aromatic rings. The lowest BCUT2D eigenvalue weighted by Gasteiger charge is -2.34. The van der Waals surface area contributed by atoms with Crippen molar-refractivity contribution in [2.24, 2.45) is 0 Å². The zero-order valence-electron chi connectivity index (χ0n) is 15.4. The van der Waals surface area contributed by atoms with E-state index in [0.29, 0.717) is 18.4 Å². The average Bonchev–Trinajstić information content (AvgIpc) is 2.96. The minimum absolute atomic E-state index is 0.0477. The highest BCUT2D eigenvalue weighted by molar-refractivity contribution is 7.86. The summed E-state index contributed by atoms with van der Waals surface area (Å²) >= 11 is 0. The second-order valence-electron chi connectivity index (χ2n) is 7.13. The second-order valence-corrected chi connectivity index (χ2v) is 8.66. The van der Waals surface area contributed by atoms with E-state index in [9.17, 15) is 23.1 Å². The standard InChI is InChI=1S/C20H20N2O6S/c23-19(24)18(14-7-3-1-4-8-14)17-12-11-15-13-21(17)20(25)22(15)28-29(26,27)16-9-5-2-6-10-16/h1-10,15,17-18H,11-13H2,(H,23,24)/t15-,17?,18?/m1/s1. The van der Waals surface area contributed by atoms with Gasteiger partial charge in [-0.05, 0) is 30.5 Å². The van der Waals surface area contributed by atoms with Crippen molar-refractivity contribution in [2.75, 3.05) is 6.54 Å². The summed E-state index contributed by atoms with van der Waals surface area (Å²) < 4.78 is 30.2. The van der Waals surface area contributed by atoms with Crippen molar-refractivity contribution in [1.29, 1.82) is 0 Å². The number of carbonyl (C=O) groups is 2. The molecule has 4 rings (SSSR count). The molecule has 0 aromatic heterocycles. The Morgan fingerprint density at radius 3 is 2.28 bits per heavy atom. The third-order valence-electron chi connectivity index (χ3n) is 5.39. The van der Waals surface area contributed by atoms with Crippen LogP contribution in [0.5, 0.6) is 0 Å². The number of hydrogen-bond donors (Lipinski definition) is 1. The van der Waals surface area contributed by atoms with Crippen molar-refractivity contribution >= 4 is 22.1 Å². The summed E-state index contributed by atoms with van der Waals surface area (Å²) in [5, 5.41) is 10.7. The molecule has 0 spiro atoms. The highest BCUT2D eigenvalue weighted by atomic mass is 32.2. The van der Waals surface area contributed by atoms with Gasteiger partial charge in [-0.3, -0.25) is 4.79 Å². The van der Waals surface area contributed by atoms with E-state index in [1.54, 1.807) is 48.5 Å². The molecule has 2 aliphatic heterocycles. The van der Waals surface area contributed by atoms with Gasteiger partial charge in [0, 0.05) is 6.54 Å². The number of hydrogen-bond acceptors (Lipinski definition) is 5. The van der Waals surface area contributed by atoms with E-state index in [-0.39, 0.29) is 11.4 Å². The van der Waals surface area contributed by atoms with E-state index >= 15 is 0 Å². The number of urea groups is 1. The van der Waals surface area contributed by atoms with Gasteiger partial charge in [-0.2, -0.15) is 13.5 Å². The maximum absolute atomic E-state index is 12.9. The Bertz CT molecular complexity index is 1010. The molecule has 2 amide bonds. The van der Waals surface area contributed by atoms with Gasteiger partial charge in [-0.25, -0.2) is 4.79 Å². The zero-order valence-corrected chi connectivity index (χ0v) is 16.2. The van der Waals surface area contributed by atoms with Gasteiger partial charge in [0.15, 0.2) is 0 Å². The van der Waals surface area contributed by atoms with Crippen molar-refractivity contribution in [3.05, 3.63) is 66.2 Å². The summed E-state index contributed by atoms with van der Waals surface area (Å²) in [6.07, 6.45) is 0.890. The molecule has 2 heterocycles. The van der Waals surface area contributed by atoms with Gasteiger partial charge in [0.05, 0.1) is 17.0 Å². The predicted molar refractivity (Wildman–Crippen MR) is 102 cm³/mol. The fraction of sp³-hybridized carbons (Fsp3) is 0.300. The first kappa shape index (κ1) is 19.4. The van der Waals surface area contributed by atoms with Gasteiger partial charge in [-0.15, -0.1) is 4.28 Å². The first-order chi connectivity index (χ1) is 13.9. The maximum Gasteiger partial charge on any atom is 0.345 e. The van der Waals surface area contributed by atoms with Gasteiger partial charge >= 0.3 is 22.1 Å². The van der Waals surface area contributed by atoms with Crippen LogP contribution < -0.4 is 0 Å². The number of carboxylic acids is 1. The van der Waals surface area contributed by atoms with Crippen molar-refractivity contribution in [1.82, 2.24) is 9.96 Å². The van der Waals surface area contributed by atoms with E-state index in [2.05, 4.69) is 0 Å². The number of aliphatic carboxylic acids is 1. The molecule has 2 bridgehead atoms. The molecular weight excluding hydrogens is 396 g/mol. The molecule has 2 saturated heterocycles. The lowest BCUT2D eigenvalue weighted by molar-refractivity contribution is -0.140. The van der Waals surface area contributed by atoms with Crippen LogP contribution in [0.15, 0.2) is 65.6 Å². The molecule has 9 heteroatoms. The zero-order chi connectivity index (χ0) is 20.6. The molecule has 0 radical (unpaired) electrons. The van der Waals surface area contributed by atoms with Gasteiger partial charge in [0.1, 0.15) is 5.92 Å². The van der Waals surface area contributed by atoms with E-state index in [1.165, 1.54) is 17.0 Å². The van der Waals surface area contributed by atoms with Crippen LogP contribution in [0, 0.1) is 0 Å². The number of carboxylic acid groups (broad SMARTS) is 1. The van der Waals surface area contributed by atoms with Crippen LogP contribution in [-0.2, 0) is 19.2 Å². The van der Waals surface area contributed by atoms with Gasteiger partial charge in [-0.1, -0.05) is 48.5 Å². The highest BCUT2D eigenvalue weighted by Crippen LogP contribution is 2.38. The Kier molecular flexibility index (Phi) is 5.01. The first-order valence-electron chi connectivity index (χ1n) is 9.26. The number of amides is 2. The van der Waals surface area contributed by atoms with Crippen molar-refractivity contribution in [3.63, 3.8) is 0 Å². The smallest absolute Gasteiger partial charge is 0.345 e. The molecule has 8 nitrogen and oxygen atoms in total. The lowest BCUT2D eigenvalue weighted by atomic mass is 9.85. The van der Waals surface area contributed by atoms with E-state index < -0.39 is 40.1 Å². The number of carbonyl (C=O) groups excluding carboxylic acids is 1. The van der Waals surface area contributed by atoms with Crippen molar-refractivity contribution in [2.45, 2.75) is 35.7 Å². The van der Waals surface area contributed by atoms with Crippen molar-refractivity contribution < 1.29 is 27.4 Å². The Hall–Kier alpha value is -2.91. The molecule has 2 aliphatic rings. The molecule has 2 fully saturated rings. The van der Waals surface area contributed by atoms with Crippen LogP contribution in [0.3, 0.4) is 0 Å². The quantitative estimate of drug-likeness (QED) is 0.776. The Labute approximate surface area is 168 Å². The summed E-state index contributed by atoms with van der Waals surface area (Å²) in [7, 11) is -4.16. The summed E-state index contributed by atoms with van der Waals surface area (Å²) in [5.41, 5.74) is 0.604. The molecule has 2 unspecified atom stereocenters. The molecule has 1 N–H and O–H groups in total. The minimum atomic E-state index is -4.16. The SMILES string of the molecule is O=C(O)C(c1ccccc1)C1CC[C@@H]2CN1C(=O)N2OS(=O)(=O)c1ccccc1. The second kappa shape index (κ2) is 7.49. The number of fused-ring (bicyclic) bond motifs is 2. The number of benzene rings is 2. The normalized spacial score (nSPS) is 22.6. The molecule has 0 aliphatic carbocycles. The molecule has 29 heavy (non-hydrogen) atoms. The lowest BCUT2D eigenvalue weighted by Crippen LogP contribution is -2.46. The Morgan fingerprint density at radius 2 is 1.66 bits per heavy atom. The van der Waals surface area contributed by atoms with Gasteiger partial charge in [0.2, 0.25) is 0 Å². The van der Waals surface area contributed by atoms with E-state index in [4.69, 9.17) is 4.28 Å². The fourth-order valence-corrected chi connectivity index (χ4v) is 5.01. The molecular formula is C20H20N2O6S. The predicted octanol–water partition coefficient (Wildman–Crippen LogP) is 2.44. The topological polar surface area (TPSA) is 104 Å². The summed E-state index contributed by atoms with van der Waals surface area (Å²) in [5.74, 6) is -1.92. The number of piperidine rings is 1. The summed E-state index contributed by atoms with van der Waals surface area (Å²) in [6.45, 7) is 0.227. The van der Waals surface area contributed by atoms with Crippen LogP contribution in [-0.4, -0.2) is 54.1 Å². The Morgan fingerprint density at radius 1 is 1.03 bits per heavy atom. The van der Waals surface area contributed by atoms with Crippen LogP contribution in [0.1, 0.15) is 24.3 Å².